The summed E-state index contributed by atoms with van der Waals surface area (Å²) in [4.78, 5) is 29.4. The highest BCUT2D eigenvalue weighted by Crippen LogP contribution is 2.38. The summed E-state index contributed by atoms with van der Waals surface area (Å²) in [6.45, 7) is 6.61. The van der Waals surface area contributed by atoms with E-state index in [0.717, 1.165) is 10.4 Å². The summed E-state index contributed by atoms with van der Waals surface area (Å²) in [5.74, 6) is 0.0922. The van der Waals surface area contributed by atoms with E-state index in [1.165, 1.54) is 35.6 Å². The Morgan fingerprint density at radius 2 is 1.81 bits per heavy atom. The first-order valence-electron chi connectivity index (χ1n) is 9.53. The third-order valence-electron chi connectivity index (χ3n) is 5.45. The maximum Gasteiger partial charge on any atom is 0.264 e. The van der Waals surface area contributed by atoms with Crippen LogP contribution in [-0.2, 0) is 4.79 Å². The predicted octanol–water partition coefficient (Wildman–Crippen LogP) is 3.50. The smallest absolute Gasteiger partial charge is 0.264 e. The molecule has 0 N–H and O–H groups in total. The molecule has 3 heterocycles. The molecule has 142 valence electrons. The van der Waals surface area contributed by atoms with Crippen molar-refractivity contribution in [1.82, 2.24) is 14.4 Å². The number of hydrogen-bond acceptors (Lipinski definition) is 3. The largest absolute Gasteiger partial charge is 0.346 e. The summed E-state index contributed by atoms with van der Waals surface area (Å²) in [7, 11) is 0. The fourth-order valence-electron chi connectivity index (χ4n) is 3.82. The van der Waals surface area contributed by atoms with Gasteiger partial charge in [0.25, 0.3) is 5.91 Å². The van der Waals surface area contributed by atoms with Gasteiger partial charge in [0, 0.05) is 49.7 Å². The van der Waals surface area contributed by atoms with Gasteiger partial charge in [-0.2, -0.15) is 0 Å². The van der Waals surface area contributed by atoms with E-state index in [4.69, 9.17) is 0 Å². The van der Waals surface area contributed by atoms with E-state index < -0.39 is 0 Å². The van der Waals surface area contributed by atoms with E-state index in [1.54, 1.807) is 6.08 Å². The molecule has 2 aromatic heterocycles. The average Bonchev–Trinajstić information content (AvgIpc) is 3.26. The quantitative estimate of drug-likeness (QED) is 0.759. The van der Waals surface area contributed by atoms with Gasteiger partial charge >= 0.3 is 0 Å². The maximum absolute atomic E-state index is 12.6. The highest BCUT2D eigenvalue weighted by Gasteiger charge is 2.27. The minimum Gasteiger partial charge on any atom is -0.346 e. The first kappa shape index (κ1) is 18.0. The van der Waals surface area contributed by atoms with Gasteiger partial charge in [0.05, 0.1) is 4.88 Å². The lowest BCUT2D eigenvalue weighted by molar-refractivity contribution is -0.127. The molecule has 2 fully saturated rings. The number of rotatable bonds is 4. The van der Waals surface area contributed by atoms with Gasteiger partial charge in [0.1, 0.15) is 0 Å². The van der Waals surface area contributed by atoms with Gasteiger partial charge in [-0.15, -0.1) is 11.3 Å². The molecule has 0 spiro atoms. The van der Waals surface area contributed by atoms with Crippen molar-refractivity contribution in [3.63, 3.8) is 0 Å². The van der Waals surface area contributed by atoms with Crippen LogP contribution in [0.1, 0.15) is 45.5 Å². The number of carbonyl (C=O) groups is 2. The molecule has 27 heavy (non-hydrogen) atoms. The molecule has 5 nitrogen and oxygen atoms in total. The van der Waals surface area contributed by atoms with Crippen molar-refractivity contribution in [1.29, 1.82) is 0 Å². The Balaban J connectivity index is 1.35. The maximum atomic E-state index is 12.6. The Morgan fingerprint density at radius 3 is 2.44 bits per heavy atom. The summed E-state index contributed by atoms with van der Waals surface area (Å²) in [6, 6.07) is 6.56. The van der Waals surface area contributed by atoms with Gasteiger partial charge in [-0.3, -0.25) is 9.59 Å². The number of nitrogens with zero attached hydrogens (tertiary/aromatic N) is 3. The van der Waals surface area contributed by atoms with Gasteiger partial charge in [0.2, 0.25) is 5.91 Å². The van der Waals surface area contributed by atoms with Crippen LogP contribution in [0.3, 0.4) is 0 Å². The minimum absolute atomic E-state index is 0.0226. The lowest BCUT2D eigenvalue weighted by Crippen LogP contribution is -2.50. The Hall–Kier alpha value is -2.34. The van der Waals surface area contributed by atoms with Crippen LogP contribution in [0.25, 0.3) is 6.08 Å². The van der Waals surface area contributed by atoms with Gasteiger partial charge in [-0.25, -0.2) is 0 Å². The van der Waals surface area contributed by atoms with E-state index in [-0.39, 0.29) is 11.8 Å². The van der Waals surface area contributed by atoms with Crippen molar-refractivity contribution in [2.24, 2.45) is 0 Å². The fourth-order valence-corrected chi connectivity index (χ4v) is 4.51. The standard InChI is InChI=1S/C21H25N3O2S/c1-15-14-17(16(2)24(15)18-6-7-18)5-8-20(25)22-9-11-23(12-10-22)21(26)19-4-3-13-27-19/h3-5,8,13-14,18H,6-7,9-12H2,1-2H3. The second-order valence-electron chi connectivity index (χ2n) is 7.36. The van der Waals surface area contributed by atoms with Crippen LogP contribution < -0.4 is 0 Å². The second-order valence-corrected chi connectivity index (χ2v) is 8.30. The monoisotopic (exact) mass is 383 g/mol. The molecule has 0 atom stereocenters. The topological polar surface area (TPSA) is 45.6 Å². The number of carbonyl (C=O) groups excluding carboxylic acids is 2. The molecular formula is C21H25N3O2S. The van der Waals surface area contributed by atoms with Crippen molar-refractivity contribution in [2.75, 3.05) is 26.2 Å². The number of thiophene rings is 1. The van der Waals surface area contributed by atoms with Crippen LogP contribution >= 0.6 is 11.3 Å². The molecule has 0 aromatic carbocycles. The molecule has 1 aliphatic carbocycles. The van der Waals surface area contributed by atoms with Gasteiger partial charge in [0.15, 0.2) is 0 Å². The molecule has 2 amide bonds. The second kappa shape index (κ2) is 7.35. The van der Waals surface area contributed by atoms with E-state index >= 15 is 0 Å². The van der Waals surface area contributed by atoms with E-state index in [9.17, 15) is 9.59 Å². The molecule has 1 saturated heterocycles. The molecule has 4 rings (SSSR count). The first-order valence-corrected chi connectivity index (χ1v) is 10.4. The lowest BCUT2D eigenvalue weighted by Gasteiger charge is -2.34. The summed E-state index contributed by atoms with van der Waals surface area (Å²) in [5.41, 5.74) is 3.63. The van der Waals surface area contributed by atoms with E-state index in [2.05, 4.69) is 24.5 Å². The average molecular weight is 384 g/mol. The number of hydrogen-bond donors (Lipinski definition) is 0. The van der Waals surface area contributed by atoms with Crippen LogP contribution in [0.2, 0.25) is 0 Å². The van der Waals surface area contributed by atoms with Crippen molar-refractivity contribution >= 4 is 29.2 Å². The van der Waals surface area contributed by atoms with Gasteiger partial charge in [-0.05, 0) is 55.8 Å². The Labute approximate surface area is 163 Å². The summed E-state index contributed by atoms with van der Waals surface area (Å²) in [6.07, 6.45) is 6.13. The summed E-state index contributed by atoms with van der Waals surface area (Å²) >= 11 is 1.46. The summed E-state index contributed by atoms with van der Waals surface area (Å²) in [5, 5.41) is 1.91. The summed E-state index contributed by atoms with van der Waals surface area (Å²) < 4.78 is 2.39. The molecule has 0 unspecified atom stereocenters. The molecule has 1 saturated carbocycles. The third-order valence-corrected chi connectivity index (χ3v) is 6.31. The van der Waals surface area contributed by atoms with Crippen LogP contribution in [-0.4, -0.2) is 52.4 Å². The normalized spacial score (nSPS) is 17.7. The zero-order valence-electron chi connectivity index (χ0n) is 15.9. The fraction of sp³-hybridized carbons (Fsp3) is 0.429. The highest BCUT2D eigenvalue weighted by molar-refractivity contribution is 7.12. The van der Waals surface area contributed by atoms with E-state index in [0.29, 0.717) is 32.2 Å². The first-order chi connectivity index (χ1) is 13.0. The number of aryl methyl sites for hydroxylation is 1. The zero-order valence-corrected chi connectivity index (χ0v) is 16.7. The Morgan fingerprint density at radius 1 is 1.11 bits per heavy atom. The molecule has 0 bridgehead atoms. The van der Waals surface area contributed by atoms with Crippen LogP contribution in [0, 0.1) is 13.8 Å². The van der Waals surface area contributed by atoms with E-state index in [1.807, 2.05) is 33.4 Å². The van der Waals surface area contributed by atoms with Crippen LogP contribution in [0.5, 0.6) is 0 Å². The molecule has 6 heteroatoms. The highest BCUT2D eigenvalue weighted by atomic mass is 32.1. The Bertz CT molecular complexity index is 870. The number of aromatic nitrogens is 1. The SMILES string of the molecule is Cc1cc(C=CC(=O)N2CCN(C(=O)c3cccs3)CC2)c(C)n1C1CC1. The number of amides is 2. The van der Waals surface area contributed by atoms with Gasteiger partial charge < -0.3 is 14.4 Å². The van der Waals surface area contributed by atoms with Crippen LogP contribution in [0.15, 0.2) is 29.7 Å². The van der Waals surface area contributed by atoms with Crippen molar-refractivity contribution in [3.05, 3.63) is 51.5 Å². The molecule has 1 aliphatic heterocycles. The number of piperazine rings is 1. The molecule has 2 aliphatic rings. The minimum atomic E-state index is 0.0226. The zero-order chi connectivity index (χ0) is 19.0. The van der Waals surface area contributed by atoms with Crippen molar-refractivity contribution in [3.8, 4) is 0 Å². The predicted molar refractivity (Wildman–Crippen MR) is 108 cm³/mol. The lowest BCUT2D eigenvalue weighted by atomic mass is 10.2. The van der Waals surface area contributed by atoms with Crippen molar-refractivity contribution < 1.29 is 9.59 Å². The van der Waals surface area contributed by atoms with Crippen LogP contribution in [0.4, 0.5) is 0 Å². The Kier molecular flexibility index (Phi) is 4.91. The van der Waals surface area contributed by atoms with Crippen molar-refractivity contribution in [2.45, 2.75) is 32.7 Å². The third kappa shape index (κ3) is 3.72. The molecule has 0 radical (unpaired) electrons. The molecule has 2 aromatic rings. The van der Waals surface area contributed by atoms with Gasteiger partial charge in [-0.1, -0.05) is 6.07 Å². The molecular weight excluding hydrogens is 358 g/mol.